The summed E-state index contributed by atoms with van der Waals surface area (Å²) in [5, 5.41) is 6.10. The van der Waals surface area contributed by atoms with E-state index in [0.29, 0.717) is 18.0 Å². The maximum absolute atomic E-state index is 12.6. The number of nitrogens with zero attached hydrogens (tertiary/aromatic N) is 2. The number of fused-ring (bicyclic) bond motifs is 1. The SMILES string of the molecule is CC1CCNCC1NC(=O)c1nc(S(C)(=O)=O)n2ccccc12.Cl. The van der Waals surface area contributed by atoms with Crippen molar-refractivity contribution < 1.29 is 13.2 Å². The first kappa shape index (κ1) is 18.7. The molecule has 7 nitrogen and oxygen atoms in total. The van der Waals surface area contributed by atoms with Crippen molar-refractivity contribution in [2.75, 3.05) is 19.3 Å². The Balaban J connectivity index is 0.00000208. The van der Waals surface area contributed by atoms with Gasteiger partial charge in [-0.05, 0) is 31.0 Å². The molecule has 1 amide bonds. The molecule has 3 rings (SSSR count). The second-order valence-electron chi connectivity index (χ2n) is 6.02. The third-order valence-corrected chi connectivity index (χ3v) is 5.16. The van der Waals surface area contributed by atoms with E-state index in [9.17, 15) is 13.2 Å². The minimum Gasteiger partial charge on any atom is -0.346 e. The molecule has 2 atom stereocenters. The molecule has 0 spiro atoms. The second kappa shape index (κ2) is 7.08. The van der Waals surface area contributed by atoms with E-state index in [1.165, 1.54) is 4.40 Å². The van der Waals surface area contributed by atoms with Crippen LogP contribution in [0.4, 0.5) is 0 Å². The minimum atomic E-state index is -3.53. The lowest BCUT2D eigenvalue weighted by Gasteiger charge is -2.30. The molecule has 0 radical (unpaired) electrons. The van der Waals surface area contributed by atoms with Crippen molar-refractivity contribution in [2.45, 2.75) is 24.5 Å². The molecule has 3 heterocycles. The fraction of sp³-hybridized carbons (Fsp3) is 0.467. The summed E-state index contributed by atoms with van der Waals surface area (Å²) in [5.74, 6) is 0.0209. The lowest BCUT2D eigenvalue weighted by molar-refractivity contribution is 0.0912. The quantitative estimate of drug-likeness (QED) is 0.834. The molecule has 2 aromatic heterocycles. The van der Waals surface area contributed by atoms with Gasteiger partial charge in [0.2, 0.25) is 15.0 Å². The predicted molar refractivity (Wildman–Crippen MR) is 93.5 cm³/mol. The van der Waals surface area contributed by atoms with Crippen LogP contribution in [0.1, 0.15) is 23.8 Å². The predicted octanol–water partition coefficient (Wildman–Crippen LogP) is 0.887. The van der Waals surface area contributed by atoms with Crippen molar-refractivity contribution in [1.82, 2.24) is 20.0 Å². The normalized spacial score (nSPS) is 21.2. The van der Waals surface area contributed by atoms with Crippen molar-refractivity contribution in [3.63, 3.8) is 0 Å². The standard InChI is InChI=1S/C15H20N4O3S.ClH/c1-10-6-7-16-9-11(10)17-14(20)13-12-5-3-4-8-19(12)15(18-13)23(2,21)22;/h3-5,8,10-11,16H,6-7,9H2,1-2H3,(H,17,20);1H. The fourth-order valence-electron chi connectivity index (χ4n) is 2.86. The number of hydrogen-bond acceptors (Lipinski definition) is 5. The molecular formula is C15H21ClN4O3S. The highest BCUT2D eigenvalue weighted by Gasteiger charge is 2.27. The second-order valence-corrected chi connectivity index (χ2v) is 7.93. The van der Waals surface area contributed by atoms with Gasteiger partial charge in [-0.2, -0.15) is 0 Å². The lowest BCUT2D eigenvalue weighted by atomic mass is 9.95. The minimum absolute atomic E-state index is 0. The van der Waals surface area contributed by atoms with Gasteiger partial charge in [0, 0.05) is 25.0 Å². The van der Waals surface area contributed by atoms with E-state index in [1.54, 1.807) is 24.4 Å². The van der Waals surface area contributed by atoms with Gasteiger partial charge in [0.05, 0.1) is 5.52 Å². The van der Waals surface area contributed by atoms with E-state index in [0.717, 1.165) is 19.2 Å². The molecule has 0 aromatic carbocycles. The fourth-order valence-corrected chi connectivity index (χ4v) is 3.63. The number of pyridine rings is 1. The van der Waals surface area contributed by atoms with Gasteiger partial charge in [-0.3, -0.25) is 9.20 Å². The molecule has 0 saturated carbocycles. The van der Waals surface area contributed by atoms with Crippen molar-refractivity contribution in [3.05, 3.63) is 30.1 Å². The highest BCUT2D eigenvalue weighted by atomic mass is 35.5. The van der Waals surface area contributed by atoms with Crippen LogP contribution in [0.5, 0.6) is 0 Å². The van der Waals surface area contributed by atoms with Gasteiger partial charge >= 0.3 is 0 Å². The summed E-state index contributed by atoms with van der Waals surface area (Å²) in [6, 6.07) is 5.17. The van der Waals surface area contributed by atoms with E-state index in [-0.39, 0.29) is 35.2 Å². The van der Waals surface area contributed by atoms with Gasteiger partial charge in [-0.25, -0.2) is 13.4 Å². The summed E-state index contributed by atoms with van der Waals surface area (Å²) in [6.07, 6.45) is 3.67. The molecule has 0 aliphatic carbocycles. The summed E-state index contributed by atoms with van der Waals surface area (Å²) in [4.78, 5) is 16.7. The summed E-state index contributed by atoms with van der Waals surface area (Å²) in [7, 11) is -3.53. The Hall–Kier alpha value is -1.64. The van der Waals surface area contributed by atoms with E-state index in [4.69, 9.17) is 0 Å². The van der Waals surface area contributed by atoms with E-state index in [2.05, 4.69) is 22.5 Å². The largest absolute Gasteiger partial charge is 0.346 e. The Kier molecular flexibility index (Phi) is 5.52. The van der Waals surface area contributed by atoms with Gasteiger partial charge in [0.25, 0.3) is 5.91 Å². The first-order valence-corrected chi connectivity index (χ1v) is 9.46. The van der Waals surface area contributed by atoms with Crippen LogP contribution in [-0.4, -0.2) is 49.1 Å². The molecule has 1 aliphatic rings. The monoisotopic (exact) mass is 372 g/mol. The number of rotatable bonds is 3. The van der Waals surface area contributed by atoms with Crippen molar-refractivity contribution >= 4 is 33.7 Å². The molecular weight excluding hydrogens is 352 g/mol. The molecule has 2 unspecified atom stereocenters. The molecule has 0 bridgehead atoms. The van der Waals surface area contributed by atoms with Crippen LogP contribution in [0.25, 0.3) is 5.52 Å². The zero-order valence-electron chi connectivity index (χ0n) is 13.5. The summed E-state index contributed by atoms with van der Waals surface area (Å²) < 4.78 is 25.2. The highest BCUT2D eigenvalue weighted by molar-refractivity contribution is 7.90. The van der Waals surface area contributed by atoms with Crippen molar-refractivity contribution in [1.29, 1.82) is 0 Å². The van der Waals surface area contributed by atoms with E-state index >= 15 is 0 Å². The first-order chi connectivity index (χ1) is 10.9. The number of hydrogen-bond donors (Lipinski definition) is 2. The van der Waals surface area contributed by atoms with Gasteiger partial charge in [-0.15, -0.1) is 12.4 Å². The number of nitrogens with one attached hydrogen (secondary N) is 2. The number of aromatic nitrogens is 2. The maximum atomic E-state index is 12.6. The summed E-state index contributed by atoms with van der Waals surface area (Å²) >= 11 is 0. The van der Waals surface area contributed by atoms with Gasteiger partial charge in [0.1, 0.15) is 0 Å². The number of sulfone groups is 1. The average molecular weight is 373 g/mol. The Morgan fingerprint density at radius 1 is 1.42 bits per heavy atom. The zero-order valence-corrected chi connectivity index (χ0v) is 15.2. The topological polar surface area (TPSA) is 92.6 Å². The van der Waals surface area contributed by atoms with E-state index in [1.807, 2.05) is 0 Å². The molecule has 24 heavy (non-hydrogen) atoms. The number of carbonyl (C=O) groups is 1. The summed E-state index contributed by atoms with van der Waals surface area (Å²) in [6.45, 7) is 3.75. The molecule has 9 heteroatoms. The van der Waals surface area contributed by atoms with Crippen LogP contribution < -0.4 is 10.6 Å². The Morgan fingerprint density at radius 2 is 2.17 bits per heavy atom. The Bertz CT molecular complexity index is 850. The van der Waals surface area contributed by atoms with Crippen LogP contribution in [0.15, 0.2) is 29.6 Å². The summed E-state index contributed by atoms with van der Waals surface area (Å²) in [5.41, 5.74) is 0.630. The number of amides is 1. The Morgan fingerprint density at radius 3 is 2.83 bits per heavy atom. The Labute approximate surface area is 147 Å². The number of halogens is 1. The lowest BCUT2D eigenvalue weighted by Crippen LogP contribution is -2.50. The smallest absolute Gasteiger partial charge is 0.272 e. The molecule has 132 valence electrons. The number of carbonyl (C=O) groups excluding carboxylic acids is 1. The van der Waals surface area contributed by atoms with Crippen molar-refractivity contribution in [2.24, 2.45) is 5.92 Å². The molecule has 1 saturated heterocycles. The molecule has 1 fully saturated rings. The molecule has 2 N–H and O–H groups in total. The van der Waals surface area contributed by atoms with Crippen LogP contribution in [0.2, 0.25) is 0 Å². The molecule has 1 aliphatic heterocycles. The third-order valence-electron chi connectivity index (χ3n) is 4.21. The zero-order chi connectivity index (χ0) is 16.6. The van der Waals surface area contributed by atoms with Crippen LogP contribution >= 0.6 is 12.4 Å². The molecule has 2 aromatic rings. The van der Waals surface area contributed by atoms with Crippen LogP contribution in [0.3, 0.4) is 0 Å². The van der Waals surface area contributed by atoms with E-state index < -0.39 is 9.84 Å². The third kappa shape index (κ3) is 3.55. The first-order valence-electron chi connectivity index (χ1n) is 7.56. The van der Waals surface area contributed by atoms with Gasteiger partial charge in [0.15, 0.2) is 5.69 Å². The van der Waals surface area contributed by atoms with Crippen LogP contribution in [-0.2, 0) is 9.84 Å². The van der Waals surface area contributed by atoms with Gasteiger partial charge < -0.3 is 10.6 Å². The number of piperidine rings is 1. The highest BCUT2D eigenvalue weighted by Crippen LogP contribution is 2.18. The average Bonchev–Trinajstić information content (AvgIpc) is 2.89. The number of imidazole rings is 1. The van der Waals surface area contributed by atoms with Gasteiger partial charge in [-0.1, -0.05) is 13.0 Å². The maximum Gasteiger partial charge on any atom is 0.272 e. The van der Waals surface area contributed by atoms with Crippen LogP contribution in [0, 0.1) is 5.92 Å². The van der Waals surface area contributed by atoms with Crippen molar-refractivity contribution in [3.8, 4) is 0 Å².